The number of allylic oxidation sites excluding steroid dienone is 3. The molecule has 0 heteroatoms. The van der Waals surface area contributed by atoms with E-state index in [-0.39, 0.29) is 0 Å². The molecule has 0 fully saturated rings. The molecule has 0 saturated carbocycles. The zero-order valence-corrected chi connectivity index (χ0v) is 7.31. The second-order valence-corrected chi connectivity index (χ2v) is 3.29. The Morgan fingerprint density at radius 1 is 1.09 bits per heavy atom. The van der Waals surface area contributed by atoms with Crippen LogP contribution in [0, 0.1) is 0 Å². The van der Waals surface area contributed by atoms with Gasteiger partial charge in [-0.15, -0.1) is 0 Å². The monoisotopic (exact) mass is 150 g/mol. The van der Waals surface area contributed by atoms with Crippen molar-refractivity contribution >= 4 is 0 Å². The van der Waals surface area contributed by atoms with E-state index in [0.29, 0.717) is 0 Å². The van der Waals surface area contributed by atoms with Crippen molar-refractivity contribution in [2.75, 3.05) is 0 Å². The van der Waals surface area contributed by atoms with Crippen LogP contribution in [-0.4, -0.2) is 0 Å². The summed E-state index contributed by atoms with van der Waals surface area (Å²) in [4.78, 5) is 0. The molecule has 0 spiro atoms. The predicted molar refractivity (Wildman–Crippen MR) is 50.6 cm³/mol. The highest BCUT2D eigenvalue weighted by Crippen LogP contribution is 2.16. The Balaban J connectivity index is 2.40. The van der Waals surface area contributed by atoms with Crippen LogP contribution in [0.2, 0.25) is 0 Å². The van der Waals surface area contributed by atoms with Gasteiger partial charge in [0.1, 0.15) is 0 Å². The van der Waals surface area contributed by atoms with Crippen LogP contribution in [0.4, 0.5) is 0 Å². The van der Waals surface area contributed by atoms with Gasteiger partial charge in [0.05, 0.1) is 0 Å². The molecule has 0 aromatic heterocycles. The second kappa shape index (κ2) is 5.17. The fourth-order valence-corrected chi connectivity index (χ4v) is 1.58. The van der Waals surface area contributed by atoms with Gasteiger partial charge in [-0.3, -0.25) is 0 Å². The van der Waals surface area contributed by atoms with Crippen molar-refractivity contribution in [3.63, 3.8) is 0 Å². The maximum atomic E-state index is 3.82. The summed E-state index contributed by atoms with van der Waals surface area (Å²) < 4.78 is 0. The maximum absolute atomic E-state index is 3.82. The average Bonchev–Trinajstić information content (AvgIpc) is 2.16. The third-order valence-corrected chi connectivity index (χ3v) is 2.34. The van der Waals surface area contributed by atoms with Crippen molar-refractivity contribution in [3.05, 3.63) is 24.3 Å². The third kappa shape index (κ3) is 3.41. The lowest BCUT2D eigenvalue weighted by atomic mass is 10.1. The third-order valence-electron chi connectivity index (χ3n) is 2.34. The standard InChI is InChI=1S/C11H18/c1-2-11-9-7-5-3-4-6-8-10-11/h2,9H,1,3-8,10H2/b11-9-. The summed E-state index contributed by atoms with van der Waals surface area (Å²) in [6.07, 6.45) is 13.9. The van der Waals surface area contributed by atoms with E-state index in [9.17, 15) is 0 Å². The highest BCUT2D eigenvalue weighted by Gasteiger charge is 1.97. The minimum atomic E-state index is 1.25. The van der Waals surface area contributed by atoms with E-state index >= 15 is 0 Å². The summed E-state index contributed by atoms with van der Waals surface area (Å²) in [5.74, 6) is 0. The Morgan fingerprint density at radius 3 is 2.64 bits per heavy atom. The number of hydrogen-bond acceptors (Lipinski definition) is 0. The van der Waals surface area contributed by atoms with Gasteiger partial charge < -0.3 is 0 Å². The van der Waals surface area contributed by atoms with Crippen LogP contribution >= 0.6 is 0 Å². The van der Waals surface area contributed by atoms with Crippen molar-refractivity contribution in [1.29, 1.82) is 0 Å². The first kappa shape index (κ1) is 8.58. The summed E-state index contributed by atoms with van der Waals surface area (Å²) in [7, 11) is 0. The fraction of sp³-hybridized carbons (Fsp3) is 0.636. The van der Waals surface area contributed by atoms with Crippen molar-refractivity contribution < 1.29 is 0 Å². The van der Waals surface area contributed by atoms with E-state index in [4.69, 9.17) is 0 Å². The van der Waals surface area contributed by atoms with Crippen LogP contribution in [-0.2, 0) is 0 Å². The van der Waals surface area contributed by atoms with E-state index in [1.165, 1.54) is 50.5 Å². The molecule has 0 N–H and O–H groups in total. The van der Waals surface area contributed by atoms with E-state index < -0.39 is 0 Å². The number of hydrogen-bond donors (Lipinski definition) is 0. The average molecular weight is 150 g/mol. The molecule has 0 saturated heterocycles. The fourth-order valence-electron chi connectivity index (χ4n) is 1.58. The Kier molecular flexibility index (Phi) is 4.03. The first-order chi connectivity index (χ1) is 5.43. The largest absolute Gasteiger partial charge is 0.0988 e. The highest BCUT2D eigenvalue weighted by atomic mass is 14.0. The van der Waals surface area contributed by atoms with Gasteiger partial charge in [0.25, 0.3) is 0 Å². The molecule has 0 aromatic rings. The molecule has 0 atom stereocenters. The Bertz CT molecular complexity index is 142. The molecule has 0 bridgehead atoms. The van der Waals surface area contributed by atoms with Crippen LogP contribution in [0.15, 0.2) is 24.3 Å². The van der Waals surface area contributed by atoms with Crippen molar-refractivity contribution in [2.45, 2.75) is 44.9 Å². The van der Waals surface area contributed by atoms with Gasteiger partial charge in [0, 0.05) is 0 Å². The second-order valence-electron chi connectivity index (χ2n) is 3.29. The van der Waals surface area contributed by atoms with Gasteiger partial charge in [0.2, 0.25) is 0 Å². The molecule has 11 heavy (non-hydrogen) atoms. The maximum Gasteiger partial charge on any atom is -0.0282 e. The van der Waals surface area contributed by atoms with E-state index in [1.54, 1.807) is 0 Å². The molecular weight excluding hydrogens is 132 g/mol. The summed E-state index contributed by atoms with van der Waals surface area (Å²) in [6, 6.07) is 0. The van der Waals surface area contributed by atoms with Gasteiger partial charge in [-0.05, 0) is 25.7 Å². The first-order valence-electron chi connectivity index (χ1n) is 4.75. The smallest absolute Gasteiger partial charge is 0.0282 e. The molecule has 0 amide bonds. The predicted octanol–water partition coefficient (Wildman–Crippen LogP) is 3.84. The summed E-state index contributed by atoms with van der Waals surface area (Å²) >= 11 is 0. The summed E-state index contributed by atoms with van der Waals surface area (Å²) in [5.41, 5.74) is 1.46. The summed E-state index contributed by atoms with van der Waals surface area (Å²) in [6.45, 7) is 3.82. The molecule has 1 aliphatic carbocycles. The van der Waals surface area contributed by atoms with E-state index in [0.717, 1.165) is 0 Å². The lowest BCUT2D eigenvalue weighted by molar-refractivity contribution is 0.630. The first-order valence-corrected chi connectivity index (χ1v) is 4.75. The van der Waals surface area contributed by atoms with Crippen molar-refractivity contribution in [3.8, 4) is 0 Å². The molecular formula is C11H18. The lowest BCUT2D eigenvalue weighted by Crippen LogP contribution is -1.78. The molecule has 62 valence electrons. The van der Waals surface area contributed by atoms with Gasteiger partial charge in [-0.1, -0.05) is 43.6 Å². The normalized spacial score (nSPS) is 25.6. The van der Waals surface area contributed by atoms with Gasteiger partial charge in [-0.2, -0.15) is 0 Å². The Morgan fingerprint density at radius 2 is 1.82 bits per heavy atom. The zero-order valence-electron chi connectivity index (χ0n) is 7.31. The molecule has 1 aliphatic rings. The molecule has 0 nitrogen and oxygen atoms in total. The summed E-state index contributed by atoms with van der Waals surface area (Å²) in [5, 5.41) is 0. The van der Waals surface area contributed by atoms with Gasteiger partial charge in [0.15, 0.2) is 0 Å². The Hall–Kier alpha value is -0.520. The lowest BCUT2D eigenvalue weighted by Gasteiger charge is -1.98. The van der Waals surface area contributed by atoms with Gasteiger partial charge in [-0.25, -0.2) is 0 Å². The SMILES string of the molecule is C=C/C1=C/CCCCCCC1. The van der Waals surface area contributed by atoms with E-state index in [1.807, 2.05) is 6.08 Å². The Labute approximate surface area is 70.0 Å². The quantitative estimate of drug-likeness (QED) is 0.532. The van der Waals surface area contributed by atoms with Crippen LogP contribution in [0.3, 0.4) is 0 Å². The van der Waals surface area contributed by atoms with Crippen molar-refractivity contribution in [1.82, 2.24) is 0 Å². The molecule has 0 aliphatic heterocycles. The molecule has 0 aromatic carbocycles. The minimum absolute atomic E-state index is 1.25. The highest BCUT2D eigenvalue weighted by molar-refractivity contribution is 5.15. The minimum Gasteiger partial charge on any atom is -0.0988 e. The van der Waals surface area contributed by atoms with E-state index in [2.05, 4.69) is 12.7 Å². The topological polar surface area (TPSA) is 0 Å². The molecule has 0 heterocycles. The molecule has 0 radical (unpaired) electrons. The van der Waals surface area contributed by atoms with Gasteiger partial charge >= 0.3 is 0 Å². The number of rotatable bonds is 1. The molecule has 1 rings (SSSR count). The van der Waals surface area contributed by atoms with Crippen molar-refractivity contribution in [2.24, 2.45) is 0 Å². The van der Waals surface area contributed by atoms with Crippen LogP contribution < -0.4 is 0 Å². The van der Waals surface area contributed by atoms with Crippen LogP contribution in [0.1, 0.15) is 44.9 Å². The zero-order chi connectivity index (χ0) is 7.94. The van der Waals surface area contributed by atoms with Crippen LogP contribution in [0.5, 0.6) is 0 Å². The molecule has 0 unspecified atom stereocenters. The van der Waals surface area contributed by atoms with Crippen LogP contribution in [0.25, 0.3) is 0 Å².